The van der Waals surface area contributed by atoms with Crippen LogP contribution in [0, 0.1) is 0 Å². The van der Waals surface area contributed by atoms with Gasteiger partial charge in [0.1, 0.15) is 10.7 Å². The molecule has 0 bridgehead atoms. The zero-order chi connectivity index (χ0) is 10.8. The van der Waals surface area contributed by atoms with Crippen molar-refractivity contribution in [3.8, 4) is 11.4 Å². The third-order valence-corrected chi connectivity index (χ3v) is 2.22. The Labute approximate surface area is 92.7 Å². The third-order valence-electron chi connectivity index (χ3n) is 2.00. The predicted octanol–water partition coefficient (Wildman–Crippen LogP) is 1.12. The van der Waals surface area contributed by atoms with Crippen molar-refractivity contribution >= 4 is 17.2 Å². The van der Waals surface area contributed by atoms with Gasteiger partial charge in [-0.3, -0.25) is 9.67 Å². The molecule has 2 N–H and O–H groups in total. The molecule has 2 aromatic heterocycles. The topological polar surface area (TPSA) is 56.7 Å². The molecule has 0 fully saturated rings. The number of hydrogen-bond acceptors (Lipinski definition) is 3. The van der Waals surface area contributed by atoms with Crippen molar-refractivity contribution in [1.29, 1.82) is 0 Å². The molecular weight excluding hydrogens is 208 g/mol. The van der Waals surface area contributed by atoms with Gasteiger partial charge in [0.25, 0.3) is 0 Å². The molecule has 0 atom stereocenters. The van der Waals surface area contributed by atoms with Crippen LogP contribution < -0.4 is 5.73 Å². The molecule has 76 valence electrons. The maximum atomic E-state index is 5.62. The van der Waals surface area contributed by atoms with Gasteiger partial charge in [0.2, 0.25) is 0 Å². The Kier molecular flexibility index (Phi) is 2.47. The van der Waals surface area contributed by atoms with Crippen LogP contribution in [0.1, 0.15) is 5.56 Å². The molecule has 0 aliphatic rings. The van der Waals surface area contributed by atoms with Crippen molar-refractivity contribution in [2.24, 2.45) is 12.8 Å². The summed E-state index contributed by atoms with van der Waals surface area (Å²) in [5, 5.41) is 4.29. The Morgan fingerprint density at radius 2 is 2.27 bits per heavy atom. The van der Waals surface area contributed by atoms with Crippen molar-refractivity contribution in [3.05, 3.63) is 36.2 Å². The molecule has 0 saturated heterocycles. The highest BCUT2D eigenvalue weighted by Crippen LogP contribution is 2.18. The summed E-state index contributed by atoms with van der Waals surface area (Å²) < 4.78 is 1.68. The van der Waals surface area contributed by atoms with Crippen LogP contribution in [0.15, 0.2) is 30.6 Å². The lowest BCUT2D eigenvalue weighted by atomic mass is 10.2. The smallest absolute Gasteiger partial charge is 0.121 e. The lowest BCUT2D eigenvalue weighted by molar-refractivity contribution is 0.770. The number of nitrogens with zero attached hydrogens (tertiary/aromatic N) is 3. The van der Waals surface area contributed by atoms with Gasteiger partial charge in [0.15, 0.2) is 0 Å². The summed E-state index contributed by atoms with van der Waals surface area (Å²) >= 11 is 4.96. The summed E-state index contributed by atoms with van der Waals surface area (Å²) in [5.74, 6) is 0. The molecule has 0 spiro atoms. The Morgan fingerprint density at radius 1 is 1.47 bits per heavy atom. The van der Waals surface area contributed by atoms with Crippen LogP contribution in [0.4, 0.5) is 0 Å². The molecule has 2 rings (SSSR count). The van der Waals surface area contributed by atoms with E-state index < -0.39 is 0 Å². The second kappa shape index (κ2) is 3.78. The summed E-state index contributed by atoms with van der Waals surface area (Å²) in [5.41, 5.74) is 7.88. The van der Waals surface area contributed by atoms with Gasteiger partial charge in [0.05, 0.1) is 11.3 Å². The van der Waals surface area contributed by atoms with Crippen molar-refractivity contribution in [3.63, 3.8) is 0 Å². The first-order chi connectivity index (χ1) is 7.18. The van der Waals surface area contributed by atoms with E-state index in [2.05, 4.69) is 10.1 Å². The van der Waals surface area contributed by atoms with Gasteiger partial charge in [-0.15, -0.1) is 0 Å². The van der Waals surface area contributed by atoms with Crippen LogP contribution in [-0.2, 0) is 7.05 Å². The van der Waals surface area contributed by atoms with Crippen LogP contribution in [-0.4, -0.2) is 19.8 Å². The van der Waals surface area contributed by atoms with Gasteiger partial charge in [-0.2, -0.15) is 5.10 Å². The number of aromatic nitrogens is 3. The maximum Gasteiger partial charge on any atom is 0.121 e. The van der Waals surface area contributed by atoms with Gasteiger partial charge < -0.3 is 5.73 Å². The number of aryl methyl sites for hydroxylation is 1. The van der Waals surface area contributed by atoms with Crippen molar-refractivity contribution in [2.45, 2.75) is 0 Å². The number of nitrogens with two attached hydrogens (primary N) is 1. The summed E-state index contributed by atoms with van der Waals surface area (Å²) in [7, 11) is 1.83. The average molecular weight is 218 g/mol. The molecule has 4 nitrogen and oxygen atoms in total. The molecule has 2 heterocycles. The molecule has 0 aliphatic heterocycles. The Morgan fingerprint density at radius 3 is 2.87 bits per heavy atom. The molecule has 5 heteroatoms. The fraction of sp³-hybridized carbons (Fsp3) is 0.100. The van der Waals surface area contributed by atoms with E-state index >= 15 is 0 Å². The zero-order valence-electron chi connectivity index (χ0n) is 8.21. The van der Waals surface area contributed by atoms with E-state index in [1.54, 1.807) is 17.1 Å². The molecule has 0 radical (unpaired) electrons. The Hall–Kier alpha value is -1.75. The Bertz CT molecular complexity index is 489. The number of hydrogen-bond donors (Lipinski definition) is 1. The third kappa shape index (κ3) is 1.87. The van der Waals surface area contributed by atoms with Gasteiger partial charge in [-0.05, 0) is 12.1 Å². The predicted molar refractivity (Wildman–Crippen MR) is 62.3 cm³/mol. The minimum Gasteiger partial charge on any atom is -0.389 e. The average Bonchev–Trinajstić information content (AvgIpc) is 2.62. The highest BCUT2D eigenvalue weighted by molar-refractivity contribution is 7.80. The summed E-state index contributed by atoms with van der Waals surface area (Å²) in [6.45, 7) is 0. The first-order valence-electron chi connectivity index (χ1n) is 4.43. The van der Waals surface area contributed by atoms with E-state index in [9.17, 15) is 0 Å². The molecular formula is C10H10N4S. The largest absolute Gasteiger partial charge is 0.389 e. The molecule has 0 amide bonds. The van der Waals surface area contributed by atoms with Crippen LogP contribution in [0.5, 0.6) is 0 Å². The summed E-state index contributed by atoms with van der Waals surface area (Å²) in [6.07, 6.45) is 3.51. The first-order valence-corrected chi connectivity index (χ1v) is 4.84. The number of thiocarbonyl (C=S) groups is 1. The normalized spacial score (nSPS) is 10.2. The fourth-order valence-electron chi connectivity index (χ4n) is 1.36. The van der Waals surface area contributed by atoms with Gasteiger partial charge in [0, 0.05) is 19.4 Å². The second-order valence-corrected chi connectivity index (χ2v) is 3.58. The number of pyridine rings is 1. The van der Waals surface area contributed by atoms with Crippen molar-refractivity contribution < 1.29 is 0 Å². The van der Waals surface area contributed by atoms with E-state index in [0.29, 0.717) is 4.99 Å². The molecule has 0 aliphatic carbocycles. The van der Waals surface area contributed by atoms with Gasteiger partial charge >= 0.3 is 0 Å². The highest BCUT2D eigenvalue weighted by atomic mass is 32.1. The molecule has 0 unspecified atom stereocenters. The van der Waals surface area contributed by atoms with E-state index in [-0.39, 0.29) is 0 Å². The SMILES string of the molecule is Cn1cc(C(N)=S)c(-c2ccccn2)n1. The Balaban J connectivity index is 2.58. The van der Waals surface area contributed by atoms with E-state index in [4.69, 9.17) is 18.0 Å². The van der Waals surface area contributed by atoms with Gasteiger partial charge in [-0.25, -0.2) is 0 Å². The molecule has 15 heavy (non-hydrogen) atoms. The minimum absolute atomic E-state index is 0.337. The van der Waals surface area contributed by atoms with Crippen molar-refractivity contribution in [1.82, 2.24) is 14.8 Å². The second-order valence-electron chi connectivity index (χ2n) is 3.14. The first kappa shape index (κ1) is 9.79. The molecule has 2 aromatic rings. The van der Waals surface area contributed by atoms with Crippen molar-refractivity contribution in [2.75, 3.05) is 0 Å². The van der Waals surface area contributed by atoms with Crippen LogP contribution in [0.2, 0.25) is 0 Å². The minimum atomic E-state index is 0.337. The van der Waals surface area contributed by atoms with E-state index in [0.717, 1.165) is 17.0 Å². The van der Waals surface area contributed by atoms with E-state index in [1.165, 1.54) is 0 Å². The summed E-state index contributed by atoms with van der Waals surface area (Å²) in [6, 6.07) is 5.64. The van der Waals surface area contributed by atoms with E-state index in [1.807, 2.05) is 25.2 Å². The summed E-state index contributed by atoms with van der Waals surface area (Å²) in [4.78, 5) is 4.55. The molecule has 0 aromatic carbocycles. The lowest BCUT2D eigenvalue weighted by Crippen LogP contribution is -2.09. The lowest BCUT2D eigenvalue weighted by Gasteiger charge is -1.98. The number of rotatable bonds is 2. The monoisotopic (exact) mass is 218 g/mol. The van der Waals surface area contributed by atoms with Crippen LogP contribution in [0.3, 0.4) is 0 Å². The highest BCUT2D eigenvalue weighted by Gasteiger charge is 2.12. The van der Waals surface area contributed by atoms with Gasteiger partial charge in [-0.1, -0.05) is 18.3 Å². The molecule has 0 saturated carbocycles. The standard InChI is InChI=1S/C10H10N4S/c1-14-6-7(10(11)15)9(13-14)8-4-2-3-5-12-8/h2-6H,1H3,(H2,11,15). The quantitative estimate of drug-likeness (QED) is 0.767. The zero-order valence-corrected chi connectivity index (χ0v) is 9.03. The fourth-order valence-corrected chi connectivity index (χ4v) is 1.51. The maximum absolute atomic E-state index is 5.62. The van der Waals surface area contributed by atoms with Crippen LogP contribution >= 0.6 is 12.2 Å². The van der Waals surface area contributed by atoms with Crippen LogP contribution in [0.25, 0.3) is 11.4 Å².